The Morgan fingerprint density at radius 2 is 1.95 bits per heavy atom. The quantitative estimate of drug-likeness (QED) is 0.605. The van der Waals surface area contributed by atoms with Crippen LogP contribution in [0.1, 0.15) is 24.9 Å². The second-order valence-corrected chi connectivity index (χ2v) is 5.07. The first kappa shape index (κ1) is 15.5. The van der Waals surface area contributed by atoms with E-state index in [0.717, 1.165) is 18.7 Å². The Bertz CT molecular complexity index is 607. The molecule has 0 saturated heterocycles. The molecule has 0 radical (unpaired) electrons. The summed E-state index contributed by atoms with van der Waals surface area (Å²) in [4.78, 5) is 0. The van der Waals surface area contributed by atoms with Crippen molar-refractivity contribution in [1.29, 1.82) is 0 Å². The van der Waals surface area contributed by atoms with Crippen LogP contribution in [0, 0.1) is 0 Å². The summed E-state index contributed by atoms with van der Waals surface area (Å²) in [6, 6.07) is 12.8. The molecule has 3 heteroatoms. The van der Waals surface area contributed by atoms with Crippen molar-refractivity contribution in [2.45, 2.75) is 19.4 Å². The van der Waals surface area contributed by atoms with E-state index in [4.69, 9.17) is 10.5 Å². The van der Waals surface area contributed by atoms with Crippen molar-refractivity contribution in [3.05, 3.63) is 54.1 Å². The molecule has 0 heterocycles. The van der Waals surface area contributed by atoms with E-state index in [1.165, 1.54) is 16.3 Å². The zero-order valence-electron chi connectivity index (χ0n) is 12.8. The third kappa shape index (κ3) is 4.06. The summed E-state index contributed by atoms with van der Waals surface area (Å²) in [7, 11) is 1.69. The number of nitrogens with two attached hydrogens (primary N) is 1. The van der Waals surface area contributed by atoms with Gasteiger partial charge in [0.05, 0.1) is 7.11 Å². The molecule has 3 N–H and O–H groups in total. The van der Waals surface area contributed by atoms with Crippen molar-refractivity contribution in [1.82, 2.24) is 5.32 Å². The molecular weight excluding hydrogens is 260 g/mol. The van der Waals surface area contributed by atoms with Crippen LogP contribution in [0.2, 0.25) is 0 Å². The summed E-state index contributed by atoms with van der Waals surface area (Å²) < 4.78 is 5.26. The molecule has 112 valence electrons. The lowest BCUT2D eigenvalue weighted by Crippen LogP contribution is -2.28. The summed E-state index contributed by atoms with van der Waals surface area (Å²) in [5.74, 6) is 0.884. The van der Waals surface area contributed by atoms with Gasteiger partial charge in [0.25, 0.3) is 0 Å². The molecule has 0 aliphatic rings. The van der Waals surface area contributed by atoms with Crippen LogP contribution >= 0.6 is 0 Å². The van der Waals surface area contributed by atoms with Gasteiger partial charge in [0.2, 0.25) is 0 Å². The van der Waals surface area contributed by atoms with Crippen LogP contribution in [0.15, 0.2) is 48.6 Å². The molecule has 1 atom stereocenters. The Morgan fingerprint density at radius 3 is 2.67 bits per heavy atom. The van der Waals surface area contributed by atoms with Gasteiger partial charge in [-0.2, -0.15) is 0 Å². The lowest BCUT2D eigenvalue weighted by Gasteiger charge is -2.17. The molecule has 21 heavy (non-hydrogen) atoms. The largest absolute Gasteiger partial charge is 0.497 e. The van der Waals surface area contributed by atoms with Gasteiger partial charge in [-0.1, -0.05) is 30.4 Å². The molecule has 0 amide bonds. The number of hydrogen-bond acceptors (Lipinski definition) is 3. The topological polar surface area (TPSA) is 47.3 Å². The van der Waals surface area contributed by atoms with Crippen molar-refractivity contribution >= 4 is 10.8 Å². The molecule has 3 nitrogen and oxygen atoms in total. The van der Waals surface area contributed by atoms with E-state index in [1.54, 1.807) is 7.11 Å². The summed E-state index contributed by atoms with van der Waals surface area (Å²) in [5, 5.41) is 5.90. The second-order valence-electron chi connectivity index (χ2n) is 5.07. The van der Waals surface area contributed by atoms with Gasteiger partial charge in [-0.25, -0.2) is 0 Å². The van der Waals surface area contributed by atoms with E-state index >= 15 is 0 Å². The maximum absolute atomic E-state index is 5.91. The van der Waals surface area contributed by atoms with E-state index in [2.05, 4.69) is 47.8 Å². The first-order valence-electron chi connectivity index (χ1n) is 7.40. The Morgan fingerprint density at radius 1 is 1.19 bits per heavy atom. The van der Waals surface area contributed by atoms with Gasteiger partial charge >= 0.3 is 0 Å². The van der Waals surface area contributed by atoms with Crippen molar-refractivity contribution in [2.75, 3.05) is 20.2 Å². The monoisotopic (exact) mass is 284 g/mol. The van der Waals surface area contributed by atoms with Gasteiger partial charge in [0.15, 0.2) is 0 Å². The van der Waals surface area contributed by atoms with Gasteiger partial charge in [0.1, 0.15) is 5.75 Å². The third-order valence-corrected chi connectivity index (χ3v) is 3.65. The lowest BCUT2D eigenvalue weighted by atomic mass is 10.0. The van der Waals surface area contributed by atoms with Crippen LogP contribution in [0.25, 0.3) is 10.8 Å². The maximum Gasteiger partial charge on any atom is 0.119 e. The third-order valence-electron chi connectivity index (χ3n) is 3.65. The number of benzene rings is 2. The van der Waals surface area contributed by atoms with E-state index in [1.807, 2.05) is 13.0 Å². The van der Waals surface area contributed by atoms with E-state index < -0.39 is 0 Å². The lowest BCUT2D eigenvalue weighted by molar-refractivity contribution is 0.415. The smallest absolute Gasteiger partial charge is 0.119 e. The Labute approximate surface area is 126 Å². The maximum atomic E-state index is 5.91. The molecule has 2 aromatic carbocycles. The number of fused-ring (bicyclic) bond motifs is 1. The zero-order chi connectivity index (χ0) is 15.1. The van der Waals surface area contributed by atoms with Crippen LogP contribution in [-0.4, -0.2) is 20.2 Å². The number of rotatable bonds is 7. The molecule has 2 aromatic rings. The summed E-state index contributed by atoms with van der Waals surface area (Å²) in [5.41, 5.74) is 7.14. The SMILES string of the molecule is C/C=C/CCNC(CN)c1ccc2cc(OC)ccc2c1. The summed E-state index contributed by atoms with van der Waals surface area (Å²) in [6.45, 7) is 3.57. The van der Waals surface area contributed by atoms with Crippen molar-refractivity contribution in [2.24, 2.45) is 5.73 Å². The number of ether oxygens (including phenoxy) is 1. The second kappa shape index (κ2) is 7.81. The predicted molar refractivity (Wildman–Crippen MR) is 89.7 cm³/mol. The average Bonchev–Trinajstić information content (AvgIpc) is 2.54. The van der Waals surface area contributed by atoms with E-state index in [0.29, 0.717) is 6.54 Å². The van der Waals surface area contributed by atoms with Gasteiger partial charge in [-0.05, 0) is 54.4 Å². The Hall–Kier alpha value is -1.84. The standard InChI is InChI=1S/C18H24N2O/c1-3-4-5-10-20-18(13-19)16-7-6-15-12-17(21-2)9-8-14(15)11-16/h3-4,6-9,11-12,18,20H,5,10,13,19H2,1-2H3/b4-3+. The fraction of sp³-hybridized carbons (Fsp3) is 0.333. The number of hydrogen-bond donors (Lipinski definition) is 2. The highest BCUT2D eigenvalue weighted by molar-refractivity contribution is 5.84. The van der Waals surface area contributed by atoms with Crippen molar-refractivity contribution in [3.8, 4) is 5.75 Å². The van der Waals surface area contributed by atoms with Crippen molar-refractivity contribution < 1.29 is 4.74 Å². The van der Waals surface area contributed by atoms with Gasteiger partial charge in [-0.3, -0.25) is 0 Å². The molecule has 0 aromatic heterocycles. The number of methoxy groups -OCH3 is 1. The highest BCUT2D eigenvalue weighted by Crippen LogP contribution is 2.24. The fourth-order valence-corrected chi connectivity index (χ4v) is 2.43. The van der Waals surface area contributed by atoms with Gasteiger partial charge < -0.3 is 15.8 Å². The van der Waals surface area contributed by atoms with Gasteiger partial charge in [-0.15, -0.1) is 0 Å². The van der Waals surface area contributed by atoms with E-state index in [9.17, 15) is 0 Å². The zero-order valence-corrected chi connectivity index (χ0v) is 12.8. The Balaban J connectivity index is 2.15. The minimum Gasteiger partial charge on any atom is -0.497 e. The highest BCUT2D eigenvalue weighted by atomic mass is 16.5. The molecular formula is C18H24N2O. The molecule has 0 fully saturated rings. The molecule has 0 spiro atoms. The predicted octanol–water partition coefficient (Wildman–Crippen LogP) is 3.40. The Kier molecular flexibility index (Phi) is 5.78. The number of allylic oxidation sites excluding steroid dienone is 1. The minimum absolute atomic E-state index is 0.196. The van der Waals surface area contributed by atoms with Crippen molar-refractivity contribution in [3.63, 3.8) is 0 Å². The molecule has 1 unspecified atom stereocenters. The number of nitrogens with one attached hydrogen (secondary N) is 1. The fourth-order valence-electron chi connectivity index (χ4n) is 2.43. The molecule has 0 saturated carbocycles. The summed E-state index contributed by atoms with van der Waals surface area (Å²) >= 11 is 0. The summed E-state index contributed by atoms with van der Waals surface area (Å²) in [6.07, 6.45) is 5.26. The van der Waals surface area contributed by atoms with Crippen LogP contribution in [0.4, 0.5) is 0 Å². The molecule has 0 aliphatic carbocycles. The van der Waals surface area contributed by atoms with Gasteiger partial charge in [0, 0.05) is 12.6 Å². The van der Waals surface area contributed by atoms with Crippen LogP contribution in [0.5, 0.6) is 5.75 Å². The molecule has 0 aliphatic heterocycles. The molecule has 2 rings (SSSR count). The average molecular weight is 284 g/mol. The van der Waals surface area contributed by atoms with E-state index in [-0.39, 0.29) is 6.04 Å². The normalized spacial score (nSPS) is 12.9. The van der Waals surface area contributed by atoms with Crippen LogP contribution in [-0.2, 0) is 0 Å². The first-order valence-corrected chi connectivity index (χ1v) is 7.40. The first-order chi connectivity index (χ1) is 10.3. The molecule has 0 bridgehead atoms. The minimum atomic E-state index is 0.196. The van der Waals surface area contributed by atoms with Crippen LogP contribution in [0.3, 0.4) is 0 Å². The van der Waals surface area contributed by atoms with Crippen LogP contribution < -0.4 is 15.8 Å². The highest BCUT2D eigenvalue weighted by Gasteiger charge is 2.09.